The Hall–Kier alpha value is -1.39. The maximum atomic E-state index is 10.9. The third-order valence-electron chi connectivity index (χ3n) is 4.21. The highest BCUT2D eigenvalue weighted by molar-refractivity contribution is 5.79. The summed E-state index contributed by atoms with van der Waals surface area (Å²) in [5.41, 5.74) is 0.586. The first kappa shape index (κ1) is 17.0. The van der Waals surface area contributed by atoms with Crippen molar-refractivity contribution >= 4 is 6.29 Å². The first-order valence-electron chi connectivity index (χ1n) is 8.27. The number of benzene rings is 1. The third-order valence-corrected chi connectivity index (χ3v) is 4.21. The van der Waals surface area contributed by atoms with E-state index in [0.29, 0.717) is 24.5 Å². The average Bonchev–Trinajstić information content (AvgIpc) is 2.50. The largest absolute Gasteiger partial charge is 0.490 e. The van der Waals surface area contributed by atoms with E-state index in [1.54, 1.807) is 11.0 Å². The minimum Gasteiger partial charge on any atom is -0.490 e. The van der Waals surface area contributed by atoms with Crippen molar-refractivity contribution in [2.75, 3.05) is 39.5 Å². The fourth-order valence-corrected chi connectivity index (χ4v) is 3.37. The van der Waals surface area contributed by atoms with Crippen LogP contribution in [0.2, 0.25) is 0 Å². The SMILES string of the molecule is C[C@@H]1C[C@@H](C)C[NH+](CCOCCOc2ccccc2C=O)C1. The van der Waals surface area contributed by atoms with E-state index in [1.807, 2.05) is 18.2 Å². The van der Waals surface area contributed by atoms with E-state index >= 15 is 0 Å². The predicted molar refractivity (Wildman–Crippen MR) is 86.7 cm³/mol. The second-order valence-corrected chi connectivity index (χ2v) is 6.47. The molecule has 1 N–H and O–H groups in total. The van der Waals surface area contributed by atoms with Gasteiger partial charge in [-0.2, -0.15) is 0 Å². The van der Waals surface area contributed by atoms with Gasteiger partial charge in [0, 0.05) is 11.8 Å². The van der Waals surface area contributed by atoms with Crippen molar-refractivity contribution in [2.45, 2.75) is 20.3 Å². The Kier molecular flexibility index (Phi) is 6.87. The normalized spacial score (nSPS) is 24.9. The van der Waals surface area contributed by atoms with Gasteiger partial charge in [0.2, 0.25) is 0 Å². The van der Waals surface area contributed by atoms with Gasteiger partial charge < -0.3 is 14.4 Å². The molecule has 0 bridgehead atoms. The number of para-hydroxylation sites is 1. The molecule has 2 rings (SSSR count). The fourth-order valence-electron chi connectivity index (χ4n) is 3.37. The topological polar surface area (TPSA) is 40.0 Å². The van der Waals surface area contributed by atoms with Gasteiger partial charge in [-0.1, -0.05) is 26.0 Å². The monoisotopic (exact) mass is 306 g/mol. The minimum absolute atomic E-state index is 0.479. The molecule has 0 aromatic heterocycles. The highest BCUT2D eigenvalue weighted by Crippen LogP contribution is 2.15. The maximum Gasteiger partial charge on any atom is 0.153 e. The van der Waals surface area contributed by atoms with Crippen molar-refractivity contribution in [3.05, 3.63) is 29.8 Å². The van der Waals surface area contributed by atoms with Gasteiger partial charge in [0.15, 0.2) is 6.29 Å². The molecule has 1 heterocycles. The van der Waals surface area contributed by atoms with Crippen LogP contribution in [0.4, 0.5) is 0 Å². The van der Waals surface area contributed by atoms with Gasteiger partial charge in [-0.15, -0.1) is 0 Å². The van der Waals surface area contributed by atoms with Crippen LogP contribution in [0.3, 0.4) is 0 Å². The lowest BCUT2D eigenvalue weighted by molar-refractivity contribution is -0.912. The van der Waals surface area contributed by atoms with Crippen LogP contribution in [0.15, 0.2) is 24.3 Å². The molecule has 0 radical (unpaired) electrons. The van der Waals surface area contributed by atoms with Crippen molar-refractivity contribution < 1.29 is 19.2 Å². The third kappa shape index (κ3) is 5.43. The summed E-state index contributed by atoms with van der Waals surface area (Å²) in [7, 11) is 0. The zero-order valence-corrected chi connectivity index (χ0v) is 13.7. The Morgan fingerprint density at radius 1 is 1.14 bits per heavy atom. The van der Waals surface area contributed by atoms with Crippen LogP contribution in [0, 0.1) is 11.8 Å². The molecule has 22 heavy (non-hydrogen) atoms. The fraction of sp³-hybridized carbons (Fsp3) is 0.611. The number of likely N-dealkylation sites (tertiary alicyclic amines) is 1. The molecular formula is C18H28NO3+. The average molecular weight is 306 g/mol. The lowest BCUT2D eigenvalue weighted by atomic mass is 9.92. The Morgan fingerprint density at radius 2 is 1.86 bits per heavy atom. The van der Waals surface area contributed by atoms with Crippen LogP contribution in [-0.2, 0) is 4.74 Å². The first-order valence-corrected chi connectivity index (χ1v) is 8.27. The van der Waals surface area contributed by atoms with Gasteiger partial charge in [0.05, 0.1) is 31.9 Å². The minimum atomic E-state index is 0.479. The summed E-state index contributed by atoms with van der Waals surface area (Å²) in [4.78, 5) is 12.5. The Morgan fingerprint density at radius 3 is 2.59 bits per heavy atom. The molecular weight excluding hydrogens is 278 g/mol. The Labute approximate surface area is 133 Å². The number of ether oxygens (including phenoxy) is 2. The molecule has 1 aromatic carbocycles. The molecule has 1 saturated heterocycles. The highest BCUT2D eigenvalue weighted by Gasteiger charge is 2.24. The van der Waals surface area contributed by atoms with Gasteiger partial charge in [-0.3, -0.25) is 4.79 Å². The van der Waals surface area contributed by atoms with E-state index in [-0.39, 0.29) is 0 Å². The van der Waals surface area contributed by atoms with Gasteiger partial charge in [-0.25, -0.2) is 0 Å². The van der Waals surface area contributed by atoms with E-state index in [9.17, 15) is 4.79 Å². The summed E-state index contributed by atoms with van der Waals surface area (Å²) in [5, 5.41) is 0. The number of nitrogens with one attached hydrogen (secondary N) is 1. The maximum absolute atomic E-state index is 10.9. The van der Waals surface area contributed by atoms with E-state index in [0.717, 1.165) is 31.3 Å². The second kappa shape index (κ2) is 8.91. The summed E-state index contributed by atoms with van der Waals surface area (Å²) in [6.45, 7) is 10.1. The van der Waals surface area contributed by atoms with Gasteiger partial charge in [0.1, 0.15) is 18.9 Å². The van der Waals surface area contributed by atoms with Gasteiger partial charge >= 0.3 is 0 Å². The quantitative estimate of drug-likeness (QED) is 0.584. The van der Waals surface area contributed by atoms with E-state index in [4.69, 9.17) is 9.47 Å². The molecule has 0 unspecified atom stereocenters. The number of aldehydes is 1. The molecule has 1 aliphatic rings. The molecule has 0 saturated carbocycles. The zero-order chi connectivity index (χ0) is 15.8. The number of carbonyl (C=O) groups is 1. The van der Waals surface area contributed by atoms with E-state index in [2.05, 4.69) is 13.8 Å². The Balaban J connectivity index is 1.59. The number of quaternary nitrogens is 1. The molecule has 2 atom stereocenters. The van der Waals surface area contributed by atoms with Crippen LogP contribution < -0.4 is 9.64 Å². The lowest BCUT2D eigenvalue weighted by Gasteiger charge is -2.31. The summed E-state index contributed by atoms with van der Waals surface area (Å²) in [6.07, 6.45) is 2.17. The summed E-state index contributed by atoms with van der Waals surface area (Å²) < 4.78 is 11.3. The number of carbonyl (C=O) groups excluding carboxylic acids is 1. The van der Waals surface area contributed by atoms with Crippen molar-refractivity contribution in [1.82, 2.24) is 0 Å². The number of hydrogen-bond acceptors (Lipinski definition) is 3. The molecule has 1 aliphatic heterocycles. The number of piperidine rings is 1. The Bertz CT molecular complexity index is 453. The molecule has 1 aromatic rings. The van der Waals surface area contributed by atoms with Crippen LogP contribution >= 0.6 is 0 Å². The second-order valence-electron chi connectivity index (χ2n) is 6.47. The smallest absolute Gasteiger partial charge is 0.153 e. The molecule has 1 fully saturated rings. The van der Waals surface area contributed by atoms with E-state index < -0.39 is 0 Å². The molecule has 4 heteroatoms. The summed E-state index contributed by atoms with van der Waals surface area (Å²) >= 11 is 0. The van der Waals surface area contributed by atoms with Gasteiger partial charge in [-0.05, 0) is 18.6 Å². The summed E-state index contributed by atoms with van der Waals surface area (Å²) in [6, 6.07) is 7.26. The van der Waals surface area contributed by atoms with Crippen molar-refractivity contribution in [3.8, 4) is 5.75 Å². The van der Waals surface area contributed by atoms with Crippen LogP contribution in [0.5, 0.6) is 5.75 Å². The van der Waals surface area contributed by atoms with Crippen molar-refractivity contribution in [2.24, 2.45) is 11.8 Å². The van der Waals surface area contributed by atoms with Crippen LogP contribution in [-0.4, -0.2) is 45.7 Å². The van der Waals surface area contributed by atoms with Gasteiger partial charge in [0.25, 0.3) is 0 Å². The summed E-state index contributed by atoms with van der Waals surface area (Å²) in [5.74, 6) is 2.27. The van der Waals surface area contributed by atoms with Crippen molar-refractivity contribution in [1.29, 1.82) is 0 Å². The molecule has 0 aliphatic carbocycles. The number of rotatable bonds is 8. The lowest BCUT2D eigenvalue weighted by Crippen LogP contribution is -3.14. The molecule has 122 valence electrons. The van der Waals surface area contributed by atoms with Crippen molar-refractivity contribution in [3.63, 3.8) is 0 Å². The first-order chi connectivity index (χ1) is 10.7. The number of hydrogen-bond donors (Lipinski definition) is 1. The van der Waals surface area contributed by atoms with E-state index in [1.165, 1.54) is 19.5 Å². The van der Waals surface area contributed by atoms with Crippen LogP contribution in [0.25, 0.3) is 0 Å². The standard InChI is InChI=1S/C18H27NO3/c1-15-11-16(2)13-19(12-15)7-8-21-9-10-22-18-6-4-3-5-17(18)14-20/h3-6,14-16H,7-13H2,1-2H3/p+1/t15-,16-/m1/s1. The highest BCUT2D eigenvalue weighted by atomic mass is 16.5. The van der Waals surface area contributed by atoms with Crippen LogP contribution in [0.1, 0.15) is 30.6 Å². The zero-order valence-electron chi connectivity index (χ0n) is 13.7. The molecule has 0 amide bonds. The molecule has 0 spiro atoms. The predicted octanol–water partition coefficient (Wildman–Crippen LogP) is 1.46. The molecule has 4 nitrogen and oxygen atoms in total.